The van der Waals surface area contributed by atoms with Crippen LogP contribution >= 0.6 is 29.9 Å². The molecule has 6 heteroatoms. The predicted molar refractivity (Wildman–Crippen MR) is 222 cm³/mol. The molecule has 0 amide bonds. The second kappa shape index (κ2) is 16.7. The second-order valence-corrected chi connectivity index (χ2v) is 19.1. The van der Waals surface area contributed by atoms with E-state index >= 15 is 0 Å². The summed E-state index contributed by atoms with van der Waals surface area (Å²) < 4.78 is 16.3. The Labute approximate surface area is 327 Å². The van der Waals surface area contributed by atoms with Gasteiger partial charge in [0.2, 0.25) is 0 Å². The molecule has 2 aromatic heterocycles. The van der Waals surface area contributed by atoms with E-state index in [-0.39, 0.29) is 12.2 Å². The van der Waals surface area contributed by atoms with Crippen LogP contribution in [0.1, 0.15) is 76.0 Å². The van der Waals surface area contributed by atoms with Gasteiger partial charge in [-0.05, 0) is 13.0 Å². The zero-order valence-corrected chi connectivity index (χ0v) is 35.1. The molecule has 2 heterocycles. The van der Waals surface area contributed by atoms with Crippen molar-refractivity contribution in [1.82, 2.24) is 0 Å². The summed E-state index contributed by atoms with van der Waals surface area (Å²) in [5.74, 6) is 0. The topological polar surface area (TPSA) is 18.5 Å². The monoisotopic (exact) mass is 914 g/mol. The van der Waals surface area contributed by atoms with E-state index < -0.39 is 7.26 Å². The number of thiophene rings is 2. The zero-order chi connectivity index (χ0) is 36.1. The Kier molecular flexibility index (Phi) is 11.8. The first-order chi connectivity index (χ1) is 25.6. The summed E-state index contributed by atoms with van der Waals surface area (Å²) in [6.07, 6.45) is 16.9. The van der Waals surface area contributed by atoms with Crippen molar-refractivity contribution >= 4 is 58.0 Å². The third kappa shape index (κ3) is 6.86. The molecule has 1 fully saturated rings. The standard InChI is InChI=1S/C46H43O2PS2.Os/c1-6-18-39-30-41-43(47-4)46-42(44(48-5)45(41)50-39)31-40(51-46)28-27-34(29-35-20-17-19-33(35)7-2)32(3)49(36-21-11-8-12-22-36,37-23-13-9-14-24-37)38-25-15-10-16-26-38;/h6-16,18,21-31,43-44H,17,19-20H2,1-2,4-5H3;/q+1;/b18-6+,28-27+,33-7?,34-32?,35-29?;. The van der Waals surface area contributed by atoms with Gasteiger partial charge in [-0.15, -0.1) is 0 Å². The fraction of sp³-hybridized carbons (Fsp3) is 0.196. The number of methoxy groups -OCH3 is 2. The van der Waals surface area contributed by atoms with E-state index in [0.29, 0.717) is 0 Å². The molecule has 0 saturated heterocycles. The molecule has 2 atom stereocenters. The molecule has 0 bridgehead atoms. The molecular formula is C46H43O2OsPS2+. The molecule has 1 saturated carbocycles. The van der Waals surface area contributed by atoms with Gasteiger partial charge in [-0.3, -0.25) is 0 Å². The first-order valence-electron chi connectivity index (χ1n) is 17.7. The Morgan fingerprint density at radius 1 is 0.712 bits per heavy atom. The normalized spacial score (nSPS) is 19.3. The van der Waals surface area contributed by atoms with Crippen molar-refractivity contribution < 1.29 is 27.4 Å². The number of hydrogen-bond acceptors (Lipinski definition) is 4. The minimum atomic E-state index is -2.38. The Bertz CT molecular complexity index is 2090. The van der Waals surface area contributed by atoms with E-state index in [0.717, 1.165) is 12.8 Å². The number of allylic oxidation sites excluding steroid dienone is 8. The summed E-state index contributed by atoms with van der Waals surface area (Å²) in [7, 11) is 1.26. The van der Waals surface area contributed by atoms with Crippen LogP contribution in [0.25, 0.3) is 12.2 Å². The van der Waals surface area contributed by atoms with E-state index in [2.05, 4.69) is 158 Å². The minimum absolute atomic E-state index is 0.117. The fourth-order valence-electron chi connectivity index (χ4n) is 7.71. The molecule has 3 aromatic carbocycles. The van der Waals surface area contributed by atoms with Gasteiger partial charge >= 0.3 is 310 Å². The van der Waals surface area contributed by atoms with Gasteiger partial charge in [0.15, 0.2) is 0 Å². The van der Waals surface area contributed by atoms with Gasteiger partial charge in [0.25, 0.3) is 0 Å². The SMILES string of the molecule is CC=C1CCCC1=CC(/C=C/c1cc2c(s1)C(OC)c1cc(/C=C/C)sc1C2OC)=C([C]#[Os])[P+](c1ccccc1)(c1ccccc1)c1ccccc1. The van der Waals surface area contributed by atoms with E-state index in [9.17, 15) is 0 Å². The summed E-state index contributed by atoms with van der Waals surface area (Å²) in [4.78, 5) is 4.87. The van der Waals surface area contributed by atoms with Crippen LogP contribution < -0.4 is 15.9 Å². The molecule has 7 rings (SSSR count). The van der Waals surface area contributed by atoms with Gasteiger partial charge < -0.3 is 0 Å². The molecule has 2 unspecified atom stereocenters. The number of ether oxygens (including phenoxy) is 2. The van der Waals surface area contributed by atoms with Crippen LogP contribution in [0.4, 0.5) is 0 Å². The first-order valence-corrected chi connectivity index (χ1v) is 22.4. The van der Waals surface area contributed by atoms with Crippen LogP contribution in [-0.4, -0.2) is 14.2 Å². The van der Waals surface area contributed by atoms with Crippen LogP contribution in [0.5, 0.6) is 0 Å². The molecule has 2 aliphatic carbocycles. The van der Waals surface area contributed by atoms with Crippen molar-refractivity contribution in [2.45, 2.75) is 45.3 Å². The Morgan fingerprint density at radius 3 is 1.63 bits per heavy atom. The second-order valence-electron chi connectivity index (χ2n) is 12.9. The summed E-state index contributed by atoms with van der Waals surface area (Å²) in [6, 6.07) is 38.0. The first kappa shape index (κ1) is 36.9. The molecule has 0 radical (unpaired) electrons. The predicted octanol–water partition coefficient (Wildman–Crippen LogP) is 11.5. The number of hydrogen-bond donors (Lipinski definition) is 0. The summed E-state index contributed by atoms with van der Waals surface area (Å²) >= 11 is 5.45. The van der Waals surface area contributed by atoms with Gasteiger partial charge in [0, 0.05) is 0 Å². The maximum atomic E-state index is 6.21. The summed E-state index contributed by atoms with van der Waals surface area (Å²) in [5.41, 5.74) is 6.50. The third-order valence-corrected chi connectivity index (χ3v) is 17.7. The quantitative estimate of drug-likeness (QED) is 0.103. The third-order valence-electron chi connectivity index (χ3n) is 10.00. The van der Waals surface area contributed by atoms with Crippen molar-refractivity contribution in [3.8, 4) is 4.37 Å². The average molecular weight is 913 g/mol. The molecule has 0 spiro atoms. The molecule has 2 aliphatic rings. The molecule has 0 aliphatic heterocycles. The fourth-order valence-corrected chi connectivity index (χ4v) is 16.0. The number of rotatable bonds is 10. The molecular weight excluding hydrogens is 870 g/mol. The van der Waals surface area contributed by atoms with Crippen molar-refractivity contribution in [3.05, 3.63) is 180 Å². The Balaban J connectivity index is 1.46. The van der Waals surface area contributed by atoms with Gasteiger partial charge in [-0.1, -0.05) is 6.08 Å². The summed E-state index contributed by atoms with van der Waals surface area (Å²) in [6.45, 7) is 4.24. The molecule has 5 aromatic rings. The number of fused-ring (bicyclic) bond motifs is 2. The molecule has 263 valence electrons. The van der Waals surface area contributed by atoms with E-state index in [1.165, 1.54) is 75.0 Å². The van der Waals surface area contributed by atoms with Crippen LogP contribution in [0.2, 0.25) is 0 Å². The van der Waals surface area contributed by atoms with Gasteiger partial charge in [0.1, 0.15) is 0 Å². The maximum absolute atomic E-state index is 6.21. The van der Waals surface area contributed by atoms with Crippen molar-refractivity contribution in [2.24, 2.45) is 0 Å². The Hall–Kier alpha value is -3.47. The van der Waals surface area contributed by atoms with E-state index in [4.69, 9.17) is 9.47 Å². The molecule has 0 N–H and O–H groups in total. The van der Waals surface area contributed by atoms with Crippen LogP contribution in [0.3, 0.4) is 0 Å². The Morgan fingerprint density at radius 2 is 1.19 bits per heavy atom. The van der Waals surface area contributed by atoms with E-state index in [1.807, 2.05) is 43.5 Å². The molecule has 52 heavy (non-hydrogen) atoms. The van der Waals surface area contributed by atoms with Crippen molar-refractivity contribution in [3.63, 3.8) is 0 Å². The van der Waals surface area contributed by atoms with Crippen molar-refractivity contribution in [1.29, 1.82) is 0 Å². The number of benzene rings is 3. The van der Waals surface area contributed by atoms with Crippen molar-refractivity contribution in [2.75, 3.05) is 14.2 Å². The average Bonchev–Trinajstić information content (AvgIpc) is 3.94. The van der Waals surface area contributed by atoms with Crippen LogP contribution in [0, 0.1) is 4.37 Å². The zero-order valence-electron chi connectivity index (χ0n) is 30.0. The molecule has 2 nitrogen and oxygen atoms in total. The summed E-state index contributed by atoms with van der Waals surface area (Å²) in [5, 5.41) is 5.23. The van der Waals surface area contributed by atoms with Gasteiger partial charge in [-0.2, -0.15) is 0 Å². The van der Waals surface area contributed by atoms with Gasteiger partial charge in [0.05, 0.1) is 0 Å². The van der Waals surface area contributed by atoms with Gasteiger partial charge in [-0.25, -0.2) is 0 Å². The van der Waals surface area contributed by atoms with E-state index in [1.54, 1.807) is 11.3 Å². The van der Waals surface area contributed by atoms with Crippen LogP contribution in [0.15, 0.2) is 149 Å². The van der Waals surface area contributed by atoms with Crippen LogP contribution in [-0.2, 0) is 27.4 Å².